The summed E-state index contributed by atoms with van der Waals surface area (Å²) >= 11 is 0. The van der Waals surface area contributed by atoms with E-state index in [9.17, 15) is 4.79 Å². The van der Waals surface area contributed by atoms with Crippen molar-refractivity contribution in [2.24, 2.45) is 0 Å². The first-order chi connectivity index (χ1) is 15.7. The van der Waals surface area contributed by atoms with Crippen molar-refractivity contribution in [1.82, 2.24) is 23.8 Å². The van der Waals surface area contributed by atoms with Crippen LogP contribution >= 0.6 is 0 Å². The number of methoxy groups -OCH3 is 1. The molecule has 1 aromatic carbocycles. The van der Waals surface area contributed by atoms with Crippen LogP contribution in [-0.4, -0.2) is 63.2 Å². The van der Waals surface area contributed by atoms with E-state index in [4.69, 9.17) is 14.5 Å². The maximum Gasteiger partial charge on any atom is 0.275 e. The molecule has 0 atom stereocenters. The minimum atomic E-state index is -0.300. The summed E-state index contributed by atoms with van der Waals surface area (Å²) in [6.07, 6.45) is 5.27. The topological polar surface area (TPSA) is 85.9 Å². The molecule has 3 aromatic heterocycles. The third-order valence-electron chi connectivity index (χ3n) is 5.46. The standard InChI is InChI=1S/C23H24N6O3/c1-31-18-6-4-5-17(13-18)25-22(30)20-15-28(16-24-20)23-26-19(14-27-9-11-32-12-10-27)21-7-2-3-8-29(21)23/h2-8,13,15-16H,9-12,14H2,1H3,(H,25,30). The Morgan fingerprint density at radius 3 is 2.91 bits per heavy atom. The van der Waals surface area contributed by atoms with Gasteiger partial charge in [0.1, 0.15) is 17.8 Å². The van der Waals surface area contributed by atoms with Gasteiger partial charge in [0, 0.05) is 43.8 Å². The molecule has 0 saturated carbocycles. The number of amides is 1. The first kappa shape index (κ1) is 20.2. The highest BCUT2D eigenvalue weighted by Gasteiger charge is 2.18. The minimum Gasteiger partial charge on any atom is -0.497 e. The molecule has 1 aliphatic heterocycles. The maximum absolute atomic E-state index is 12.7. The number of pyridine rings is 1. The van der Waals surface area contributed by atoms with Crippen LogP contribution in [0, 0.1) is 0 Å². The fourth-order valence-electron chi connectivity index (χ4n) is 3.80. The SMILES string of the molecule is COc1cccc(NC(=O)c2cn(-c3nc(CN4CCOCC4)c4ccccn34)cn2)c1. The van der Waals surface area contributed by atoms with E-state index in [2.05, 4.69) is 21.3 Å². The van der Waals surface area contributed by atoms with Gasteiger partial charge in [-0.25, -0.2) is 9.97 Å². The maximum atomic E-state index is 12.7. The van der Waals surface area contributed by atoms with Crippen molar-refractivity contribution in [2.75, 3.05) is 38.7 Å². The number of anilines is 1. The van der Waals surface area contributed by atoms with Gasteiger partial charge in [0.05, 0.1) is 31.5 Å². The molecule has 0 spiro atoms. The second kappa shape index (κ2) is 8.81. The second-order valence-electron chi connectivity index (χ2n) is 7.56. The van der Waals surface area contributed by atoms with E-state index in [1.807, 2.05) is 34.9 Å². The minimum absolute atomic E-state index is 0.300. The smallest absolute Gasteiger partial charge is 0.275 e. The number of ether oxygens (including phenoxy) is 2. The Morgan fingerprint density at radius 1 is 1.19 bits per heavy atom. The zero-order chi connectivity index (χ0) is 21.9. The summed E-state index contributed by atoms with van der Waals surface area (Å²) in [4.78, 5) is 24.2. The zero-order valence-corrected chi connectivity index (χ0v) is 17.8. The lowest BCUT2D eigenvalue weighted by molar-refractivity contribution is 0.0339. The monoisotopic (exact) mass is 432 g/mol. The molecule has 5 rings (SSSR count). The van der Waals surface area contributed by atoms with Gasteiger partial charge in [-0.15, -0.1) is 0 Å². The number of hydrogen-bond acceptors (Lipinski definition) is 6. The number of carbonyl (C=O) groups excluding carboxylic acids is 1. The van der Waals surface area contributed by atoms with Crippen LogP contribution in [0.15, 0.2) is 61.2 Å². The molecular formula is C23H24N6O3. The number of imidazole rings is 2. The van der Waals surface area contributed by atoms with Crippen molar-refractivity contribution in [3.05, 3.63) is 72.6 Å². The van der Waals surface area contributed by atoms with Gasteiger partial charge in [-0.3, -0.25) is 18.7 Å². The average Bonchev–Trinajstić information content (AvgIpc) is 3.46. The number of hydrogen-bond donors (Lipinski definition) is 1. The van der Waals surface area contributed by atoms with E-state index < -0.39 is 0 Å². The number of nitrogens with one attached hydrogen (secondary N) is 1. The van der Waals surface area contributed by atoms with E-state index in [-0.39, 0.29) is 5.91 Å². The van der Waals surface area contributed by atoms with Crippen LogP contribution in [0.2, 0.25) is 0 Å². The number of morpholine rings is 1. The first-order valence-corrected chi connectivity index (χ1v) is 10.5. The summed E-state index contributed by atoms with van der Waals surface area (Å²) in [5, 5.41) is 2.85. The molecule has 1 aliphatic rings. The predicted molar refractivity (Wildman–Crippen MR) is 119 cm³/mol. The Hall–Kier alpha value is -3.69. The number of benzene rings is 1. The van der Waals surface area contributed by atoms with Gasteiger partial charge < -0.3 is 14.8 Å². The lowest BCUT2D eigenvalue weighted by atomic mass is 10.3. The van der Waals surface area contributed by atoms with Gasteiger partial charge in [-0.2, -0.15) is 0 Å². The highest BCUT2D eigenvalue weighted by Crippen LogP contribution is 2.20. The molecule has 1 saturated heterocycles. The first-order valence-electron chi connectivity index (χ1n) is 10.5. The molecule has 1 amide bonds. The van der Waals surface area contributed by atoms with Crippen LogP contribution in [0.1, 0.15) is 16.2 Å². The van der Waals surface area contributed by atoms with Crippen LogP contribution in [0.25, 0.3) is 11.5 Å². The summed E-state index contributed by atoms with van der Waals surface area (Å²) in [6, 6.07) is 13.2. The van der Waals surface area contributed by atoms with Gasteiger partial charge in [-0.05, 0) is 24.3 Å². The van der Waals surface area contributed by atoms with Gasteiger partial charge in [0.15, 0.2) is 0 Å². The van der Waals surface area contributed by atoms with Gasteiger partial charge in [0.25, 0.3) is 5.91 Å². The molecule has 1 N–H and O–H groups in total. The van der Waals surface area contributed by atoms with Crippen molar-refractivity contribution in [1.29, 1.82) is 0 Å². The van der Waals surface area contributed by atoms with Crippen LogP contribution in [0.5, 0.6) is 5.75 Å². The highest BCUT2D eigenvalue weighted by atomic mass is 16.5. The van der Waals surface area contributed by atoms with E-state index >= 15 is 0 Å². The van der Waals surface area contributed by atoms with Crippen molar-refractivity contribution >= 4 is 17.1 Å². The Kier molecular flexibility index (Phi) is 5.57. The molecule has 0 radical (unpaired) electrons. The molecule has 0 aliphatic carbocycles. The molecule has 0 bridgehead atoms. The fraction of sp³-hybridized carbons (Fsp3) is 0.261. The quantitative estimate of drug-likeness (QED) is 0.504. The zero-order valence-electron chi connectivity index (χ0n) is 17.8. The molecule has 0 unspecified atom stereocenters. The van der Waals surface area contributed by atoms with E-state index in [1.54, 1.807) is 36.3 Å². The molecule has 32 heavy (non-hydrogen) atoms. The summed E-state index contributed by atoms with van der Waals surface area (Å²) in [5.41, 5.74) is 2.96. The van der Waals surface area contributed by atoms with Crippen LogP contribution in [0.4, 0.5) is 5.69 Å². The normalized spacial score (nSPS) is 14.5. The molecule has 4 heterocycles. The van der Waals surface area contributed by atoms with E-state index in [0.717, 1.165) is 44.1 Å². The summed E-state index contributed by atoms with van der Waals surface area (Å²) in [7, 11) is 1.59. The van der Waals surface area contributed by atoms with Crippen molar-refractivity contribution < 1.29 is 14.3 Å². The summed E-state index contributed by atoms with van der Waals surface area (Å²) in [6.45, 7) is 4.01. The predicted octanol–water partition coefficient (Wildman–Crippen LogP) is 2.61. The Bertz CT molecular complexity index is 1240. The van der Waals surface area contributed by atoms with Gasteiger partial charge >= 0.3 is 0 Å². The van der Waals surface area contributed by atoms with Crippen LogP contribution < -0.4 is 10.1 Å². The lowest BCUT2D eigenvalue weighted by Crippen LogP contribution is -2.35. The summed E-state index contributed by atoms with van der Waals surface area (Å²) in [5.74, 6) is 1.06. The fourth-order valence-corrected chi connectivity index (χ4v) is 3.80. The second-order valence-corrected chi connectivity index (χ2v) is 7.56. The lowest BCUT2D eigenvalue weighted by Gasteiger charge is -2.25. The van der Waals surface area contributed by atoms with Crippen LogP contribution in [-0.2, 0) is 11.3 Å². The Balaban J connectivity index is 1.40. The largest absolute Gasteiger partial charge is 0.497 e. The summed E-state index contributed by atoms with van der Waals surface area (Å²) < 4.78 is 14.5. The number of carbonyl (C=O) groups is 1. The third kappa shape index (κ3) is 4.08. The molecular weight excluding hydrogens is 408 g/mol. The molecule has 164 valence electrons. The molecule has 9 nitrogen and oxygen atoms in total. The van der Waals surface area contributed by atoms with E-state index in [1.165, 1.54) is 0 Å². The molecule has 9 heteroatoms. The van der Waals surface area contributed by atoms with Crippen molar-refractivity contribution in [3.8, 4) is 11.7 Å². The van der Waals surface area contributed by atoms with Crippen LogP contribution in [0.3, 0.4) is 0 Å². The Morgan fingerprint density at radius 2 is 2.06 bits per heavy atom. The third-order valence-corrected chi connectivity index (χ3v) is 5.46. The number of nitrogens with zero attached hydrogens (tertiary/aromatic N) is 5. The van der Waals surface area contributed by atoms with E-state index in [0.29, 0.717) is 23.1 Å². The van der Waals surface area contributed by atoms with Gasteiger partial charge in [0.2, 0.25) is 5.95 Å². The number of rotatable bonds is 6. The number of aromatic nitrogens is 4. The Labute approximate surface area is 185 Å². The number of fused-ring (bicyclic) bond motifs is 1. The van der Waals surface area contributed by atoms with Crippen molar-refractivity contribution in [2.45, 2.75) is 6.54 Å². The molecule has 1 fully saturated rings. The highest BCUT2D eigenvalue weighted by molar-refractivity contribution is 6.02. The van der Waals surface area contributed by atoms with Gasteiger partial charge in [-0.1, -0.05) is 12.1 Å². The van der Waals surface area contributed by atoms with Crippen molar-refractivity contribution in [3.63, 3.8) is 0 Å². The molecule has 4 aromatic rings. The average molecular weight is 432 g/mol.